The number of pyridine rings is 1. The molecule has 0 spiro atoms. The molecule has 1 fully saturated rings. The molecule has 0 unspecified atom stereocenters. The molecular formula is C23H19FN8O3S. The van der Waals surface area contributed by atoms with Crippen LogP contribution in [0.25, 0.3) is 16.7 Å². The number of rotatable bonds is 5. The standard InChI is InChI=1S/C23H19FN8O3S/c24-17-11-15(5-6-19(17)32-20-4-2-1-3-18(20)27-30-32)31-13-16(35-23(31)34)12-26-22(36)29-28-21(33)14-7-9-25-10-8-14/h1-11,16H,12-13H2,(H,28,33)(H2,26,29,36)/t16-/m0/s1. The predicted octanol–water partition coefficient (Wildman–Crippen LogP) is 2.09. The van der Waals surface area contributed by atoms with Gasteiger partial charge >= 0.3 is 6.09 Å². The molecule has 0 bridgehead atoms. The molecule has 0 saturated carbocycles. The molecule has 1 saturated heterocycles. The fraction of sp³-hybridized carbons (Fsp3) is 0.130. The smallest absolute Gasteiger partial charge is 0.414 e. The average molecular weight is 507 g/mol. The zero-order valence-corrected chi connectivity index (χ0v) is 19.4. The molecule has 2 aromatic carbocycles. The molecule has 182 valence electrons. The number of thiocarbonyl (C=S) groups is 1. The number of benzene rings is 2. The minimum atomic E-state index is -0.606. The van der Waals surface area contributed by atoms with Crippen LogP contribution in [0.4, 0.5) is 14.9 Å². The van der Waals surface area contributed by atoms with Crippen LogP contribution in [0.3, 0.4) is 0 Å². The van der Waals surface area contributed by atoms with Crippen LogP contribution < -0.4 is 21.1 Å². The molecule has 36 heavy (non-hydrogen) atoms. The number of carbonyl (C=O) groups is 2. The highest BCUT2D eigenvalue weighted by atomic mass is 32.1. The van der Waals surface area contributed by atoms with Crippen molar-refractivity contribution >= 4 is 46.1 Å². The van der Waals surface area contributed by atoms with E-state index in [0.29, 0.717) is 22.3 Å². The molecule has 2 aromatic heterocycles. The number of ether oxygens (including phenoxy) is 1. The molecule has 1 atom stereocenters. The van der Waals surface area contributed by atoms with Gasteiger partial charge in [-0.15, -0.1) is 5.10 Å². The Morgan fingerprint density at radius 3 is 2.75 bits per heavy atom. The number of hydrogen-bond donors (Lipinski definition) is 3. The number of hydrogen-bond acceptors (Lipinski definition) is 7. The summed E-state index contributed by atoms with van der Waals surface area (Å²) < 4.78 is 21.8. The van der Waals surface area contributed by atoms with Gasteiger partial charge in [-0.05, 0) is 54.7 Å². The Morgan fingerprint density at radius 2 is 1.94 bits per heavy atom. The van der Waals surface area contributed by atoms with Gasteiger partial charge in [0.25, 0.3) is 5.91 Å². The average Bonchev–Trinajstić information content (AvgIpc) is 3.50. The summed E-state index contributed by atoms with van der Waals surface area (Å²) in [5, 5.41) is 11.1. The van der Waals surface area contributed by atoms with Crippen LogP contribution in [0.15, 0.2) is 67.0 Å². The van der Waals surface area contributed by atoms with Crippen LogP contribution in [0, 0.1) is 5.82 Å². The van der Waals surface area contributed by atoms with E-state index in [1.54, 1.807) is 30.3 Å². The first-order valence-corrected chi connectivity index (χ1v) is 11.2. The fourth-order valence-electron chi connectivity index (χ4n) is 3.66. The summed E-state index contributed by atoms with van der Waals surface area (Å²) in [7, 11) is 0. The monoisotopic (exact) mass is 506 g/mol. The second-order valence-corrected chi connectivity index (χ2v) is 8.18. The molecule has 11 nitrogen and oxygen atoms in total. The van der Waals surface area contributed by atoms with E-state index in [1.165, 1.54) is 34.1 Å². The maximum Gasteiger partial charge on any atom is 0.414 e. The van der Waals surface area contributed by atoms with Crippen molar-refractivity contribution in [1.82, 2.24) is 36.1 Å². The van der Waals surface area contributed by atoms with Crippen LogP contribution in [0.1, 0.15) is 10.4 Å². The van der Waals surface area contributed by atoms with Gasteiger partial charge in [-0.2, -0.15) is 0 Å². The van der Waals surface area contributed by atoms with Gasteiger partial charge in [-0.1, -0.05) is 17.3 Å². The van der Waals surface area contributed by atoms with Gasteiger partial charge < -0.3 is 10.1 Å². The van der Waals surface area contributed by atoms with Gasteiger partial charge in [0.2, 0.25) is 0 Å². The van der Waals surface area contributed by atoms with Gasteiger partial charge in [0.15, 0.2) is 10.9 Å². The molecule has 2 amide bonds. The molecule has 5 rings (SSSR count). The Hall–Kier alpha value is -4.65. The Labute approximate surface area is 209 Å². The van der Waals surface area contributed by atoms with Gasteiger partial charge in [-0.25, -0.2) is 13.9 Å². The van der Waals surface area contributed by atoms with Crippen LogP contribution in [0.5, 0.6) is 0 Å². The second-order valence-electron chi connectivity index (χ2n) is 7.77. The van der Waals surface area contributed by atoms with Crippen molar-refractivity contribution in [3.8, 4) is 5.69 Å². The number of anilines is 1. The predicted molar refractivity (Wildman–Crippen MR) is 132 cm³/mol. The van der Waals surface area contributed by atoms with Crippen molar-refractivity contribution in [3.63, 3.8) is 0 Å². The van der Waals surface area contributed by atoms with E-state index in [4.69, 9.17) is 17.0 Å². The summed E-state index contributed by atoms with van der Waals surface area (Å²) in [6.45, 7) is 0.369. The SMILES string of the molecule is O=C(NNC(=S)NC[C@H]1CN(c2ccc(-n3nnc4ccccc43)c(F)c2)C(=O)O1)c1ccncc1. The van der Waals surface area contributed by atoms with Gasteiger partial charge in [0.05, 0.1) is 24.3 Å². The third kappa shape index (κ3) is 4.77. The summed E-state index contributed by atoms with van der Waals surface area (Å²) >= 11 is 5.15. The van der Waals surface area contributed by atoms with E-state index >= 15 is 4.39 Å². The highest BCUT2D eigenvalue weighted by Gasteiger charge is 2.33. The number of fused-ring (bicyclic) bond motifs is 1. The molecular weight excluding hydrogens is 487 g/mol. The number of nitrogens with one attached hydrogen (secondary N) is 3. The van der Waals surface area contributed by atoms with Crippen molar-refractivity contribution in [3.05, 3.63) is 78.4 Å². The number of carbonyl (C=O) groups excluding carboxylic acids is 2. The lowest BCUT2D eigenvalue weighted by atomic mass is 10.2. The van der Waals surface area contributed by atoms with E-state index in [-0.39, 0.29) is 29.8 Å². The minimum absolute atomic E-state index is 0.141. The lowest BCUT2D eigenvalue weighted by molar-refractivity contribution is 0.0943. The maximum atomic E-state index is 15.0. The van der Waals surface area contributed by atoms with Crippen LogP contribution in [-0.4, -0.2) is 56.3 Å². The van der Waals surface area contributed by atoms with E-state index in [2.05, 4.69) is 31.5 Å². The fourth-order valence-corrected chi connectivity index (χ4v) is 3.80. The first-order chi connectivity index (χ1) is 17.5. The van der Waals surface area contributed by atoms with Crippen molar-refractivity contribution in [1.29, 1.82) is 0 Å². The third-order valence-corrected chi connectivity index (χ3v) is 5.67. The largest absolute Gasteiger partial charge is 0.442 e. The number of nitrogens with zero attached hydrogens (tertiary/aromatic N) is 5. The number of amides is 2. The molecule has 13 heteroatoms. The summed E-state index contributed by atoms with van der Waals surface area (Å²) in [4.78, 5) is 29.6. The summed E-state index contributed by atoms with van der Waals surface area (Å²) in [5.74, 6) is -0.947. The van der Waals surface area contributed by atoms with E-state index < -0.39 is 18.0 Å². The van der Waals surface area contributed by atoms with Gasteiger partial charge in [0.1, 0.15) is 17.3 Å². The Balaban J connectivity index is 1.17. The second kappa shape index (κ2) is 9.92. The number of cyclic esters (lactones) is 1. The summed E-state index contributed by atoms with van der Waals surface area (Å²) in [5.41, 5.74) is 7.32. The molecule has 4 aromatic rings. The molecule has 0 radical (unpaired) electrons. The first kappa shape index (κ1) is 23.1. The molecule has 0 aliphatic carbocycles. The molecule has 3 heterocycles. The summed E-state index contributed by atoms with van der Waals surface area (Å²) in [6, 6.07) is 14.8. The van der Waals surface area contributed by atoms with E-state index in [1.807, 2.05) is 12.1 Å². The van der Waals surface area contributed by atoms with Crippen LogP contribution >= 0.6 is 12.2 Å². The van der Waals surface area contributed by atoms with Gasteiger partial charge in [0, 0.05) is 18.0 Å². The topological polar surface area (TPSA) is 126 Å². The number of hydrazine groups is 1. The third-order valence-electron chi connectivity index (χ3n) is 5.42. The quantitative estimate of drug-likeness (QED) is 0.276. The van der Waals surface area contributed by atoms with Gasteiger partial charge in [-0.3, -0.25) is 25.5 Å². The maximum absolute atomic E-state index is 15.0. The lowest BCUT2D eigenvalue weighted by Gasteiger charge is -2.15. The minimum Gasteiger partial charge on any atom is -0.442 e. The normalized spacial score (nSPS) is 15.0. The Morgan fingerprint density at radius 1 is 1.14 bits per heavy atom. The van der Waals surface area contributed by atoms with Crippen molar-refractivity contribution in [2.45, 2.75) is 6.10 Å². The van der Waals surface area contributed by atoms with Crippen LogP contribution in [0.2, 0.25) is 0 Å². The van der Waals surface area contributed by atoms with Crippen molar-refractivity contribution in [2.75, 3.05) is 18.0 Å². The lowest BCUT2D eigenvalue weighted by Crippen LogP contribution is -2.48. The highest BCUT2D eigenvalue weighted by Crippen LogP contribution is 2.26. The van der Waals surface area contributed by atoms with Crippen molar-refractivity contribution in [2.24, 2.45) is 0 Å². The zero-order valence-electron chi connectivity index (χ0n) is 18.6. The van der Waals surface area contributed by atoms with Crippen LogP contribution in [-0.2, 0) is 4.74 Å². The van der Waals surface area contributed by atoms with E-state index in [9.17, 15) is 9.59 Å². The van der Waals surface area contributed by atoms with E-state index in [0.717, 1.165) is 0 Å². The summed E-state index contributed by atoms with van der Waals surface area (Å²) in [6.07, 6.45) is 1.85. The number of aromatic nitrogens is 4. The Kier molecular flexibility index (Phi) is 6.36. The molecule has 3 N–H and O–H groups in total. The highest BCUT2D eigenvalue weighted by molar-refractivity contribution is 7.80. The number of para-hydroxylation sites is 1. The first-order valence-electron chi connectivity index (χ1n) is 10.8. The molecule has 1 aliphatic rings. The molecule has 1 aliphatic heterocycles. The number of halogens is 1. The zero-order chi connectivity index (χ0) is 25.1. The Bertz CT molecular complexity index is 1450. The van der Waals surface area contributed by atoms with Crippen molar-refractivity contribution < 1.29 is 18.7 Å².